The maximum Gasteiger partial charge on any atom is 0.227 e. The predicted molar refractivity (Wildman–Crippen MR) is 126 cm³/mol. The van der Waals surface area contributed by atoms with Crippen molar-refractivity contribution in [1.29, 1.82) is 0 Å². The van der Waals surface area contributed by atoms with E-state index in [9.17, 15) is 9.50 Å². The zero-order chi connectivity index (χ0) is 23.6. The molecule has 0 amide bonds. The molecule has 174 valence electrons. The topological polar surface area (TPSA) is 59.8 Å². The Labute approximate surface area is 194 Å². The van der Waals surface area contributed by atoms with E-state index in [-0.39, 0.29) is 19.0 Å². The normalized spacial score (nSPS) is 12.0. The van der Waals surface area contributed by atoms with Crippen LogP contribution >= 0.6 is 0 Å². The first kappa shape index (κ1) is 24.5. The molecule has 0 unspecified atom stereocenters. The molecule has 0 fully saturated rings. The summed E-state index contributed by atoms with van der Waals surface area (Å²) in [5.41, 5.74) is 2.40. The largest absolute Gasteiger partial charge is 0.435 e. The SMILES string of the molecule is C#CCOC[C@@H](O)CN(CCC)Cc1c(C)nn(-c2ccccc2)c1Oc1ccccc1F. The number of aryl methyl sites for hydroxylation is 1. The van der Waals surface area contributed by atoms with Crippen LogP contribution in [0.4, 0.5) is 4.39 Å². The van der Waals surface area contributed by atoms with Gasteiger partial charge in [-0.2, -0.15) is 5.10 Å². The average Bonchev–Trinajstić information content (AvgIpc) is 3.11. The van der Waals surface area contributed by atoms with E-state index in [0.29, 0.717) is 19.0 Å². The molecule has 1 heterocycles. The molecule has 0 aliphatic rings. The molecular formula is C26H30FN3O3. The van der Waals surface area contributed by atoms with Crippen LogP contribution in [0.5, 0.6) is 11.6 Å². The van der Waals surface area contributed by atoms with Gasteiger partial charge in [0.15, 0.2) is 11.6 Å². The van der Waals surface area contributed by atoms with Crippen molar-refractivity contribution in [2.45, 2.75) is 32.9 Å². The van der Waals surface area contributed by atoms with Gasteiger partial charge in [0.1, 0.15) is 6.61 Å². The number of aromatic nitrogens is 2. The van der Waals surface area contributed by atoms with Gasteiger partial charge in [0, 0.05) is 13.1 Å². The van der Waals surface area contributed by atoms with E-state index in [0.717, 1.165) is 29.9 Å². The summed E-state index contributed by atoms with van der Waals surface area (Å²) in [6, 6.07) is 15.9. The fraction of sp³-hybridized carbons (Fsp3) is 0.346. The molecule has 3 aromatic rings. The lowest BCUT2D eigenvalue weighted by Gasteiger charge is -2.25. The Morgan fingerprint density at radius 1 is 1.18 bits per heavy atom. The maximum absolute atomic E-state index is 14.4. The summed E-state index contributed by atoms with van der Waals surface area (Å²) in [7, 11) is 0. The highest BCUT2D eigenvalue weighted by atomic mass is 19.1. The van der Waals surface area contributed by atoms with Crippen LogP contribution < -0.4 is 4.74 Å². The van der Waals surface area contributed by atoms with Crippen molar-refractivity contribution in [3.63, 3.8) is 0 Å². The number of nitrogens with zero attached hydrogens (tertiary/aromatic N) is 3. The first-order valence-corrected chi connectivity index (χ1v) is 11.0. The van der Waals surface area contributed by atoms with Crippen LogP contribution in [0.3, 0.4) is 0 Å². The zero-order valence-electron chi connectivity index (χ0n) is 19.1. The van der Waals surface area contributed by atoms with Crippen molar-refractivity contribution in [3.05, 3.63) is 71.7 Å². The Hall–Kier alpha value is -3.18. The third-order valence-electron chi connectivity index (χ3n) is 5.07. The maximum atomic E-state index is 14.4. The monoisotopic (exact) mass is 451 g/mol. The second-order valence-electron chi connectivity index (χ2n) is 7.76. The van der Waals surface area contributed by atoms with Gasteiger partial charge in [-0.25, -0.2) is 9.07 Å². The van der Waals surface area contributed by atoms with Gasteiger partial charge < -0.3 is 14.6 Å². The summed E-state index contributed by atoms with van der Waals surface area (Å²) in [6.07, 6.45) is 5.41. The van der Waals surface area contributed by atoms with E-state index in [1.165, 1.54) is 6.07 Å². The number of halogens is 1. The van der Waals surface area contributed by atoms with Crippen LogP contribution in [0.1, 0.15) is 24.6 Å². The highest BCUT2D eigenvalue weighted by Crippen LogP contribution is 2.32. The molecule has 33 heavy (non-hydrogen) atoms. The third kappa shape index (κ3) is 6.65. The van der Waals surface area contributed by atoms with Crippen molar-refractivity contribution in [3.8, 4) is 29.7 Å². The van der Waals surface area contributed by atoms with Crippen LogP contribution in [0, 0.1) is 25.1 Å². The molecule has 0 aliphatic carbocycles. The van der Waals surface area contributed by atoms with Gasteiger partial charge in [-0.15, -0.1) is 6.42 Å². The molecule has 2 aromatic carbocycles. The fourth-order valence-corrected chi connectivity index (χ4v) is 3.58. The van der Waals surface area contributed by atoms with Crippen molar-refractivity contribution < 1.29 is 19.0 Å². The molecule has 7 heteroatoms. The van der Waals surface area contributed by atoms with Gasteiger partial charge in [-0.05, 0) is 44.2 Å². The second-order valence-corrected chi connectivity index (χ2v) is 7.76. The van der Waals surface area contributed by atoms with Crippen LogP contribution in [0.15, 0.2) is 54.6 Å². The highest BCUT2D eigenvalue weighted by molar-refractivity contribution is 5.43. The quantitative estimate of drug-likeness (QED) is 0.328. The first-order valence-electron chi connectivity index (χ1n) is 11.0. The zero-order valence-corrected chi connectivity index (χ0v) is 19.1. The summed E-state index contributed by atoms with van der Waals surface area (Å²) < 4.78 is 27.5. The molecule has 0 aliphatic heterocycles. The minimum absolute atomic E-state index is 0.126. The van der Waals surface area contributed by atoms with Gasteiger partial charge in [0.2, 0.25) is 5.88 Å². The molecule has 0 bridgehead atoms. The van der Waals surface area contributed by atoms with Gasteiger partial charge in [-0.1, -0.05) is 43.2 Å². The smallest absolute Gasteiger partial charge is 0.227 e. The number of para-hydroxylation sites is 2. The average molecular weight is 452 g/mol. The molecule has 1 aromatic heterocycles. The number of benzene rings is 2. The molecule has 0 spiro atoms. The van der Waals surface area contributed by atoms with Crippen molar-refractivity contribution in [2.24, 2.45) is 0 Å². The third-order valence-corrected chi connectivity index (χ3v) is 5.07. The lowest BCUT2D eigenvalue weighted by molar-refractivity contribution is 0.0259. The molecule has 0 saturated carbocycles. The van der Waals surface area contributed by atoms with Crippen LogP contribution in [0.25, 0.3) is 5.69 Å². The molecule has 3 rings (SSSR count). The Kier molecular flexibility index (Phi) is 9.02. The van der Waals surface area contributed by atoms with Gasteiger partial charge in [0.25, 0.3) is 0 Å². The van der Waals surface area contributed by atoms with Crippen molar-refractivity contribution in [2.75, 3.05) is 26.3 Å². The minimum Gasteiger partial charge on any atom is -0.435 e. The second kappa shape index (κ2) is 12.2. The summed E-state index contributed by atoms with van der Waals surface area (Å²) in [4.78, 5) is 2.11. The summed E-state index contributed by atoms with van der Waals surface area (Å²) in [5.74, 6) is 2.52. The fourth-order valence-electron chi connectivity index (χ4n) is 3.58. The van der Waals surface area contributed by atoms with Crippen molar-refractivity contribution in [1.82, 2.24) is 14.7 Å². The van der Waals surface area contributed by atoms with Gasteiger partial charge in [-0.3, -0.25) is 4.90 Å². The van der Waals surface area contributed by atoms with Crippen LogP contribution in [-0.4, -0.2) is 52.2 Å². The van der Waals surface area contributed by atoms with E-state index in [1.807, 2.05) is 37.3 Å². The Morgan fingerprint density at radius 3 is 2.61 bits per heavy atom. The van der Waals surface area contributed by atoms with E-state index >= 15 is 0 Å². The summed E-state index contributed by atoms with van der Waals surface area (Å²) in [5, 5.41) is 15.1. The lowest BCUT2D eigenvalue weighted by Crippen LogP contribution is -2.35. The molecular weight excluding hydrogens is 421 g/mol. The number of ether oxygens (including phenoxy) is 2. The summed E-state index contributed by atoms with van der Waals surface area (Å²) >= 11 is 0. The first-order chi connectivity index (χ1) is 16.0. The number of hydrogen-bond acceptors (Lipinski definition) is 5. The van der Waals surface area contributed by atoms with Gasteiger partial charge >= 0.3 is 0 Å². The number of rotatable bonds is 12. The Morgan fingerprint density at radius 2 is 1.91 bits per heavy atom. The minimum atomic E-state index is -0.690. The number of aliphatic hydroxyl groups is 1. The van der Waals surface area contributed by atoms with Crippen LogP contribution in [-0.2, 0) is 11.3 Å². The molecule has 1 atom stereocenters. The van der Waals surface area contributed by atoms with Crippen LogP contribution in [0.2, 0.25) is 0 Å². The Bertz CT molecular complexity index is 1060. The Balaban J connectivity index is 1.93. The van der Waals surface area contributed by atoms with Gasteiger partial charge in [0.05, 0.1) is 29.7 Å². The molecule has 0 radical (unpaired) electrons. The number of aliphatic hydroxyl groups excluding tert-OH is 1. The molecule has 6 nitrogen and oxygen atoms in total. The predicted octanol–water partition coefficient (Wildman–Crippen LogP) is 4.33. The number of hydrogen-bond donors (Lipinski definition) is 1. The summed E-state index contributed by atoms with van der Waals surface area (Å²) in [6.45, 7) is 5.92. The number of terminal acetylenes is 1. The van der Waals surface area contributed by atoms with E-state index in [1.54, 1.807) is 22.9 Å². The van der Waals surface area contributed by atoms with E-state index in [2.05, 4.69) is 17.7 Å². The van der Waals surface area contributed by atoms with Crippen molar-refractivity contribution >= 4 is 0 Å². The van der Waals surface area contributed by atoms with E-state index < -0.39 is 11.9 Å². The molecule has 1 N–H and O–H groups in total. The molecule has 0 saturated heterocycles. The lowest BCUT2D eigenvalue weighted by atomic mass is 10.2. The van der Waals surface area contributed by atoms with E-state index in [4.69, 9.17) is 21.0 Å². The highest BCUT2D eigenvalue weighted by Gasteiger charge is 2.23. The standard InChI is InChI=1S/C26H30FN3O3/c1-4-15-29(17-22(31)19-32-16-5-2)18-23-20(3)28-30(21-11-7-6-8-12-21)26(23)33-25-14-10-9-13-24(25)27/h2,6-14,22,31H,4,15-19H2,1,3H3/t22-/m0/s1.